The number of ketones is 1. The van der Waals surface area contributed by atoms with Crippen molar-refractivity contribution in [2.45, 2.75) is 12.5 Å². The van der Waals surface area contributed by atoms with Gasteiger partial charge in [-0.1, -0.05) is 18.2 Å². The molecular weight excluding hydrogens is 420 g/mol. The average molecular weight is 440 g/mol. The molecule has 0 radical (unpaired) electrons. The Balaban J connectivity index is 1.67. The highest BCUT2D eigenvalue weighted by molar-refractivity contribution is 6.14. The number of rotatable bonds is 9. The zero-order valence-electron chi connectivity index (χ0n) is 17.0. The Bertz CT molecular complexity index is 1110. The number of ether oxygens (including phenoxy) is 3. The SMILES string of the molecule is COc1ccccc1C=C1Oc2cc(OCC(=O)NC(CC(N)=O)C(=O)O)ccc2C1=O. The summed E-state index contributed by atoms with van der Waals surface area (Å²) in [5.41, 5.74) is 5.97. The zero-order valence-corrected chi connectivity index (χ0v) is 17.0. The molecule has 10 heteroatoms. The molecule has 3 rings (SSSR count). The van der Waals surface area contributed by atoms with Crippen LogP contribution >= 0.6 is 0 Å². The molecule has 0 fully saturated rings. The van der Waals surface area contributed by atoms with Crippen molar-refractivity contribution in [2.75, 3.05) is 13.7 Å². The van der Waals surface area contributed by atoms with Gasteiger partial charge in [-0.05, 0) is 24.3 Å². The van der Waals surface area contributed by atoms with Gasteiger partial charge in [-0.3, -0.25) is 14.4 Å². The minimum absolute atomic E-state index is 0.107. The van der Waals surface area contributed by atoms with E-state index >= 15 is 0 Å². The third-order valence-corrected chi connectivity index (χ3v) is 4.48. The van der Waals surface area contributed by atoms with Gasteiger partial charge in [-0.25, -0.2) is 4.79 Å². The van der Waals surface area contributed by atoms with Crippen molar-refractivity contribution in [1.29, 1.82) is 0 Å². The smallest absolute Gasteiger partial charge is 0.326 e. The van der Waals surface area contributed by atoms with Gasteiger partial charge in [-0.15, -0.1) is 0 Å². The lowest BCUT2D eigenvalue weighted by molar-refractivity contribution is -0.143. The summed E-state index contributed by atoms with van der Waals surface area (Å²) in [5, 5.41) is 11.2. The number of hydrogen-bond donors (Lipinski definition) is 3. The number of methoxy groups -OCH3 is 1. The molecule has 1 heterocycles. The standard InChI is InChI=1S/C22H20N2O8/c1-30-16-5-3-2-4-12(16)8-18-21(27)14-7-6-13(9-17(14)32-18)31-11-20(26)24-15(22(28)29)10-19(23)25/h2-9,15H,10-11H2,1H3,(H2,23,25)(H,24,26)(H,28,29). The molecule has 0 spiro atoms. The Hall–Kier alpha value is -4.34. The van der Waals surface area contributed by atoms with E-state index in [9.17, 15) is 19.2 Å². The number of carbonyl (C=O) groups is 4. The van der Waals surface area contributed by atoms with Crippen molar-refractivity contribution in [3.8, 4) is 17.2 Å². The molecule has 2 aromatic carbocycles. The number of para-hydroxylation sites is 1. The molecule has 1 aliphatic rings. The number of amides is 2. The highest BCUT2D eigenvalue weighted by atomic mass is 16.5. The molecule has 0 saturated carbocycles. The Morgan fingerprint density at radius 2 is 1.97 bits per heavy atom. The second kappa shape index (κ2) is 9.65. The van der Waals surface area contributed by atoms with Crippen LogP contribution in [0.15, 0.2) is 48.2 Å². The van der Waals surface area contributed by atoms with E-state index in [2.05, 4.69) is 5.32 Å². The van der Waals surface area contributed by atoms with E-state index in [1.165, 1.54) is 25.3 Å². The summed E-state index contributed by atoms with van der Waals surface area (Å²) in [5.74, 6) is -2.16. The molecule has 0 saturated heterocycles. The van der Waals surface area contributed by atoms with E-state index in [1.807, 2.05) is 0 Å². The van der Waals surface area contributed by atoms with Crippen LogP contribution in [0.1, 0.15) is 22.3 Å². The number of allylic oxidation sites excluding steroid dienone is 1. The molecule has 0 aromatic heterocycles. The predicted octanol–water partition coefficient (Wildman–Crippen LogP) is 1.13. The first-order valence-corrected chi connectivity index (χ1v) is 9.43. The normalized spacial score (nSPS) is 14.3. The fourth-order valence-electron chi connectivity index (χ4n) is 2.97. The number of Topliss-reactive ketones (excluding diaryl/α,β-unsaturated/α-hetero) is 1. The summed E-state index contributed by atoms with van der Waals surface area (Å²) in [6, 6.07) is 10.1. The van der Waals surface area contributed by atoms with Gasteiger partial charge in [0, 0.05) is 11.6 Å². The molecule has 0 bridgehead atoms. The highest BCUT2D eigenvalue weighted by Gasteiger charge is 2.28. The van der Waals surface area contributed by atoms with Crippen LogP contribution in [-0.4, -0.2) is 48.4 Å². The first-order valence-electron chi connectivity index (χ1n) is 9.43. The number of aliphatic carboxylic acids is 1. The maximum Gasteiger partial charge on any atom is 0.326 e. The second-order valence-electron chi connectivity index (χ2n) is 6.76. The third kappa shape index (κ3) is 5.22. The number of nitrogens with two attached hydrogens (primary N) is 1. The first-order chi connectivity index (χ1) is 15.3. The average Bonchev–Trinajstić information content (AvgIpc) is 3.06. The number of carbonyl (C=O) groups excluding carboxylic acids is 3. The third-order valence-electron chi connectivity index (χ3n) is 4.48. The van der Waals surface area contributed by atoms with Crippen molar-refractivity contribution >= 4 is 29.6 Å². The number of fused-ring (bicyclic) bond motifs is 1. The molecule has 10 nitrogen and oxygen atoms in total. The molecule has 2 aromatic rings. The number of carboxylic acid groups (broad SMARTS) is 1. The highest BCUT2D eigenvalue weighted by Crippen LogP contribution is 2.35. The van der Waals surface area contributed by atoms with Gasteiger partial charge < -0.3 is 30.4 Å². The largest absolute Gasteiger partial charge is 0.496 e. The zero-order chi connectivity index (χ0) is 23.3. The molecule has 4 N–H and O–H groups in total. The van der Waals surface area contributed by atoms with E-state index in [0.29, 0.717) is 16.9 Å². The van der Waals surface area contributed by atoms with Crippen LogP contribution in [0, 0.1) is 0 Å². The van der Waals surface area contributed by atoms with Crippen molar-refractivity contribution in [3.63, 3.8) is 0 Å². The van der Waals surface area contributed by atoms with Crippen LogP contribution in [0.3, 0.4) is 0 Å². The topological polar surface area (TPSA) is 154 Å². The summed E-state index contributed by atoms with van der Waals surface area (Å²) < 4.78 is 16.3. The molecule has 1 atom stereocenters. The van der Waals surface area contributed by atoms with Crippen molar-refractivity contribution in [3.05, 3.63) is 59.4 Å². The first kappa shape index (κ1) is 22.3. The molecule has 166 valence electrons. The van der Waals surface area contributed by atoms with Crippen molar-refractivity contribution in [2.24, 2.45) is 5.73 Å². The summed E-state index contributed by atoms with van der Waals surface area (Å²) in [4.78, 5) is 46.6. The number of nitrogens with one attached hydrogen (secondary N) is 1. The quantitative estimate of drug-likeness (QED) is 0.490. The lowest BCUT2D eigenvalue weighted by atomic mass is 10.1. The lowest BCUT2D eigenvalue weighted by Crippen LogP contribution is -2.45. The Morgan fingerprint density at radius 1 is 1.22 bits per heavy atom. The van der Waals surface area contributed by atoms with Gasteiger partial charge in [0.1, 0.15) is 23.3 Å². The molecule has 32 heavy (non-hydrogen) atoms. The van der Waals surface area contributed by atoms with Gasteiger partial charge in [0.25, 0.3) is 5.91 Å². The summed E-state index contributed by atoms with van der Waals surface area (Å²) in [6.07, 6.45) is 1.02. The van der Waals surface area contributed by atoms with Crippen LogP contribution in [0.5, 0.6) is 17.2 Å². The van der Waals surface area contributed by atoms with Crippen LogP contribution < -0.4 is 25.3 Å². The Morgan fingerprint density at radius 3 is 2.66 bits per heavy atom. The molecular formula is C22H20N2O8. The monoisotopic (exact) mass is 440 g/mol. The summed E-state index contributed by atoms with van der Waals surface area (Å²) in [7, 11) is 1.52. The molecule has 1 unspecified atom stereocenters. The molecule has 2 amide bonds. The number of primary amides is 1. The number of hydrogen-bond acceptors (Lipinski definition) is 7. The van der Waals surface area contributed by atoms with Gasteiger partial charge in [0.2, 0.25) is 11.7 Å². The summed E-state index contributed by atoms with van der Waals surface area (Å²) >= 11 is 0. The fraction of sp³-hybridized carbons (Fsp3) is 0.182. The lowest BCUT2D eigenvalue weighted by Gasteiger charge is -2.13. The summed E-state index contributed by atoms with van der Waals surface area (Å²) in [6.45, 7) is -0.515. The van der Waals surface area contributed by atoms with Gasteiger partial charge >= 0.3 is 5.97 Å². The van der Waals surface area contributed by atoms with E-state index < -0.39 is 36.9 Å². The number of benzene rings is 2. The maximum absolute atomic E-state index is 12.6. The van der Waals surface area contributed by atoms with Crippen LogP contribution in [0.4, 0.5) is 0 Å². The Labute approximate surface area is 182 Å². The van der Waals surface area contributed by atoms with E-state index in [4.69, 9.17) is 25.1 Å². The van der Waals surface area contributed by atoms with Gasteiger partial charge in [0.15, 0.2) is 12.4 Å². The van der Waals surface area contributed by atoms with Gasteiger partial charge in [-0.2, -0.15) is 0 Å². The number of carboxylic acids is 1. The van der Waals surface area contributed by atoms with Crippen LogP contribution in [-0.2, 0) is 14.4 Å². The Kier molecular flexibility index (Phi) is 6.74. The molecule has 1 aliphatic heterocycles. The van der Waals surface area contributed by atoms with Crippen LogP contribution in [0.2, 0.25) is 0 Å². The van der Waals surface area contributed by atoms with E-state index in [1.54, 1.807) is 30.3 Å². The minimum atomic E-state index is -1.45. The minimum Gasteiger partial charge on any atom is -0.496 e. The molecule has 0 aliphatic carbocycles. The van der Waals surface area contributed by atoms with E-state index in [-0.39, 0.29) is 23.0 Å². The van der Waals surface area contributed by atoms with Crippen molar-refractivity contribution in [1.82, 2.24) is 5.32 Å². The van der Waals surface area contributed by atoms with Crippen molar-refractivity contribution < 1.29 is 38.5 Å². The van der Waals surface area contributed by atoms with Crippen LogP contribution in [0.25, 0.3) is 6.08 Å². The maximum atomic E-state index is 12.6. The second-order valence-corrected chi connectivity index (χ2v) is 6.76. The van der Waals surface area contributed by atoms with Gasteiger partial charge in [0.05, 0.1) is 19.1 Å². The van der Waals surface area contributed by atoms with E-state index in [0.717, 1.165) is 0 Å². The predicted molar refractivity (Wildman–Crippen MR) is 111 cm³/mol. The fourth-order valence-corrected chi connectivity index (χ4v) is 2.97.